The number of nitrogens with zero attached hydrogens (tertiary/aromatic N) is 1. The lowest BCUT2D eigenvalue weighted by atomic mass is 9.96. The molecule has 1 atom stereocenters. The van der Waals surface area contributed by atoms with Gasteiger partial charge >= 0.3 is 0 Å². The Hall–Kier alpha value is -1.19. The van der Waals surface area contributed by atoms with E-state index in [0.29, 0.717) is 0 Å². The molecule has 0 fully saturated rings. The highest BCUT2D eigenvalue weighted by Gasteiger charge is 2.14. The van der Waals surface area contributed by atoms with Gasteiger partial charge in [-0.15, -0.1) is 0 Å². The standard InChI is InChI=1S/C14H15BrN2/c1-10-5-6-12(15)8-13(10)14(16-2)11-4-3-7-17-9-11/h3-9,14,16H,1-2H3. The lowest BCUT2D eigenvalue weighted by molar-refractivity contribution is 0.684. The number of hydrogen-bond donors (Lipinski definition) is 1. The number of rotatable bonds is 3. The summed E-state index contributed by atoms with van der Waals surface area (Å²) in [4.78, 5) is 4.18. The van der Waals surface area contributed by atoms with E-state index in [0.717, 1.165) is 4.47 Å². The van der Waals surface area contributed by atoms with E-state index in [1.165, 1.54) is 16.7 Å². The smallest absolute Gasteiger partial charge is 0.0592 e. The van der Waals surface area contributed by atoms with Crippen molar-refractivity contribution in [3.8, 4) is 0 Å². The highest BCUT2D eigenvalue weighted by molar-refractivity contribution is 9.10. The van der Waals surface area contributed by atoms with E-state index in [1.54, 1.807) is 6.20 Å². The van der Waals surface area contributed by atoms with E-state index < -0.39 is 0 Å². The van der Waals surface area contributed by atoms with Gasteiger partial charge in [-0.1, -0.05) is 28.1 Å². The maximum absolute atomic E-state index is 4.18. The van der Waals surface area contributed by atoms with E-state index in [4.69, 9.17) is 0 Å². The molecule has 3 heteroatoms. The Kier molecular flexibility index (Phi) is 3.92. The van der Waals surface area contributed by atoms with Crippen LogP contribution in [-0.4, -0.2) is 12.0 Å². The van der Waals surface area contributed by atoms with Crippen molar-refractivity contribution in [3.05, 3.63) is 63.9 Å². The number of aryl methyl sites for hydroxylation is 1. The summed E-state index contributed by atoms with van der Waals surface area (Å²) >= 11 is 3.52. The summed E-state index contributed by atoms with van der Waals surface area (Å²) in [6.07, 6.45) is 3.70. The van der Waals surface area contributed by atoms with Gasteiger partial charge in [0, 0.05) is 16.9 Å². The Morgan fingerprint density at radius 3 is 2.76 bits per heavy atom. The molecule has 0 saturated heterocycles. The quantitative estimate of drug-likeness (QED) is 0.936. The third kappa shape index (κ3) is 2.73. The van der Waals surface area contributed by atoms with E-state index in [1.807, 2.05) is 19.3 Å². The molecule has 1 aromatic heterocycles. The highest BCUT2D eigenvalue weighted by atomic mass is 79.9. The lowest BCUT2D eigenvalue weighted by Crippen LogP contribution is -2.18. The van der Waals surface area contributed by atoms with Gasteiger partial charge in [-0.2, -0.15) is 0 Å². The summed E-state index contributed by atoms with van der Waals surface area (Å²) in [6.45, 7) is 2.13. The topological polar surface area (TPSA) is 24.9 Å². The molecule has 1 N–H and O–H groups in total. The molecular formula is C14H15BrN2. The van der Waals surface area contributed by atoms with Gasteiger partial charge in [-0.3, -0.25) is 4.98 Å². The molecule has 0 radical (unpaired) electrons. The Morgan fingerprint density at radius 2 is 2.12 bits per heavy atom. The van der Waals surface area contributed by atoms with Gasteiger partial charge in [0.05, 0.1) is 6.04 Å². The minimum atomic E-state index is 0.182. The number of benzene rings is 1. The zero-order valence-corrected chi connectivity index (χ0v) is 11.5. The molecule has 88 valence electrons. The number of nitrogens with one attached hydrogen (secondary N) is 1. The molecule has 17 heavy (non-hydrogen) atoms. The first kappa shape index (κ1) is 12.3. The number of hydrogen-bond acceptors (Lipinski definition) is 2. The third-order valence-electron chi connectivity index (χ3n) is 2.86. The molecule has 1 heterocycles. The molecule has 0 aliphatic heterocycles. The second-order valence-electron chi connectivity index (χ2n) is 4.01. The first-order valence-corrected chi connectivity index (χ1v) is 6.35. The predicted octanol–water partition coefficient (Wildman–Crippen LogP) is 3.46. The maximum atomic E-state index is 4.18. The van der Waals surface area contributed by atoms with Crippen molar-refractivity contribution >= 4 is 15.9 Å². The van der Waals surface area contributed by atoms with E-state index in [-0.39, 0.29) is 6.04 Å². The van der Waals surface area contributed by atoms with Crippen LogP contribution in [0.4, 0.5) is 0 Å². The van der Waals surface area contributed by atoms with Crippen LogP contribution >= 0.6 is 15.9 Å². The van der Waals surface area contributed by atoms with Crippen LogP contribution in [0.25, 0.3) is 0 Å². The van der Waals surface area contributed by atoms with Gasteiger partial charge in [0.15, 0.2) is 0 Å². The van der Waals surface area contributed by atoms with Crippen LogP contribution in [0.15, 0.2) is 47.2 Å². The summed E-state index contributed by atoms with van der Waals surface area (Å²) in [5.41, 5.74) is 3.72. The maximum Gasteiger partial charge on any atom is 0.0592 e. The molecule has 0 saturated carbocycles. The largest absolute Gasteiger partial charge is 0.309 e. The lowest BCUT2D eigenvalue weighted by Gasteiger charge is -2.19. The molecule has 2 nitrogen and oxygen atoms in total. The normalized spacial score (nSPS) is 12.4. The van der Waals surface area contributed by atoms with Crippen LogP contribution in [0.1, 0.15) is 22.7 Å². The average Bonchev–Trinajstić information content (AvgIpc) is 2.36. The molecule has 2 rings (SSSR count). The molecule has 0 aliphatic carbocycles. The van der Waals surface area contributed by atoms with Gasteiger partial charge in [0.1, 0.15) is 0 Å². The molecule has 0 spiro atoms. The third-order valence-corrected chi connectivity index (χ3v) is 3.35. The first-order valence-electron chi connectivity index (χ1n) is 5.55. The molecule has 0 bridgehead atoms. The van der Waals surface area contributed by atoms with Crippen LogP contribution in [0, 0.1) is 6.92 Å². The van der Waals surface area contributed by atoms with Crippen molar-refractivity contribution in [1.29, 1.82) is 0 Å². The molecule has 0 amide bonds. The molecule has 0 aliphatic rings. The van der Waals surface area contributed by atoms with Crippen molar-refractivity contribution in [2.24, 2.45) is 0 Å². The minimum Gasteiger partial charge on any atom is -0.309 e. The summed E-state index contributed by atoms with van der Waals surface area (Å²) in [7, 11) is 1.97. The summed E-state index contributed by atoms with van der Waals surface area (Å²) in [5.74, 6) is 0. The Balaban J connectivity index is 2.46. The first-order chi connectivity index (χ1) is 8.22. The summed E-state index contributed by atoms with van der Waals surface area (Å²) in [6, 6.07) is 10.6. The van der Waals surface area contributed by atoms with Gasteiger partial charge in [0.25, 0.3) is 0 Å². The van der Waals surface area contributed by atoms with Crippen molar-refractivity contribution in [2.45, 2.75) is 13.0 Å². The minimum absolute atomic E-state index is 0.182. The number of pyridine rings is 1. The van der Waals surface area contributed by atoms with Crippen molar-refractivity contribution in [2.75, 3.05) is 7.05 Å². The monoisotopic (exact) mass is 290 g/mol. The second kappa shape index (κ2) is 5.43. The van der Waals surface area contributed by atoms with Gasteiger partial charge in [-0.05, 0) is 48.9 Å². The van der Waals surface area contributed by atoms with Crippen LogP contribution < -0.4 is 5.32 Å². The highest BCUT2D eigenvalue weighted by Crippen LogP contribution is 2.26. The van der Waals surface area contributed by atoms with Gasteiger partial charge < -0.3 is 5.32 Å². The van der Waals surface area contributed by atoms with Crippen LogP contribution in [0.2, 0.25) is 0 Å². The Labute approximate surface area is 110 Å². The Bertz CT molecular complexity index is 497. The van der Waals surface area contributed by atoms with E-state index >= 15 is 0 Å². The van der Waals surface area contributed by atoms with E-state index in [2.05, 4.69) is 57.4 Å². The SMILES string of the molecule is CNC(c1cccnc1)c1cc(Br)ccc1C. The zero-order chi connectivity index (χ0) is 12.3. The summed E-state index contributed by atoms with van der Waals surface area (Å²) in [5, 5.41) is 3.34. The van der Waals surface area contributed by atoms with Crippen molar-refractivity contribution < 1.29 is 0 Å². The predicted molar refractivity (Wildman–Crippen MR) is 74.0 cm³/mol. The molecule has 1 unspecified atom stereocenters. The molecule has 2 aromatic rings. The van der Waals surface area contributed by atoms with Crippen molar-refractivity contribution in [1.82, 2.24) is 10.3 Å². The fraction of sp³-hybridized carbons (Fsp3) is 0.214. The van der Waals surface area contributed by atoms with Gasteiger partial charge in [0.2, 0.25) is 0 Å². The molecule has 1 aromatic carbocycles. The van der Waals surface area contributed by atoms with Crippen LogP contribution in [0.5, 0.6) is 0 Å². The number of aromatic nitrogens is 1. The molecular weight excluding hydrogens is 276 g/mol. The van der Waals surface area contributed by atoms with Gasteiger partial charge in [-0.25, -0.2) is 0 Å². The zero-order valence-electron chi connectivity index (χ0n) is 9.94. The fourth-order valence-electron chi connectivity index (χ4n) is 1.97. The van der Waals surface area contributed by atoms with Crippen molar-refractivity contribution in [3.63, 3.8) is 0 Å². The fourth-order valence-corrected chi connectivity index (χ4v) is 2.35. The summed E-state index contributed by atoms with van der Waals surface area (Å²) < 4.78 is 1.10. The number of halogens is 1. The van der Waals surface area contributed by atoms with Crippen LogP contribution in [0.3, 0.4) is 0 Å². The van der Waals surface area contributed by atoms with Crippen LogP contribution in [-0.2, 0) is 0 Å². The average molecular weight is 291 g/mol. The Morgan fingerprint density at radius 1 is 1.29 bits per heavy atom. The van der Waals surface area contributed by atoms with E-state index in [9.17, 15) is 0 Å². The second-order valence-corrected chi connectivity index (χ2v) is 4.92.